The first-order chi connectivity index (χ1) is 11.2. The van der Waals surface area contributed by atoms with Gasteiger partial charge >= 0.3 is 0 Å². The van der Waals surface area contributed by atoms with Gasteiger partial charge in [0.1, 0.15) is 0 Å². The fraction of sp³-hybridized carbons (Fsp3) is 0.500. The summed E-state index contributed by atoms with van der Waals surface area (Å²) in [6, 6.07) is 13.5. The van der Waals surface area contributed by atoms with E-state index in [0.29, 0.717) is 57.6 Å². The van der Waals surface area contributed by atoms with E-state index in [9.17, 15) is 4.79 Å². The minimum absolute atomic E-state index is 0.00509. The molecule has 5 nitrogen and oxygen atoms in total. The van der Waals surface area contributed by atoms with Gasteiger partial charge in [0, 0.05) is 31.5 Å². The Labute approximate surface area is 137 Å². The summed E-state index contributed by atoms with van der Waals surface area (Å²) in [5, 5.41) is 18.1. The quantitative estimate of drug-likeness (QED) is 0.723. The van der Waals surface area contributed by atoms with Crippen molar-refractivity contribution in [3.05, 3.63) is 35.9 Å². The number of morpholine rings is 1. The predicted octanol–water partition coefficient (Wildman–Crippen LogP) is 2.55. The second kappa shape index (κ2) is 8.43. The van der Waals surface area contributed by atoms with Crippen molar-refractivity contribution in [3.8, 4) is 12.1 Å². The average molecular weight is 311 g/mol. The molecule has 120 valence electrons. The molecule has 0 aromatic heterocycles. The summed E-state index contributed by atoms with van der Waals surface area (Å²) in [6.45, 7) is 2.44. The molecule has 0 spiro atoms. The standard InChI is InChI=1S/C18H21N3O2/c19-10-4-8-18(9-5-11-20,21-12-14-23-15-13-21)17(22)16-6-2-1-3-7-16/h1-3,6-7H,4-5,8-9,12-15H2. The third-order valence-electron chi connectivity index (χ3n) is 4.38. The highest BCUT2D eigenvalue weighted by Gasteiger charge is 2.43. The molecule has 1 fully saturated rings. The third-order valence-corrected chi connectivity index (χ3v) is 4.38. The number of nitrogens with zero attached hydrogens (tertiary/aromatic N) is 3. The minimum atomic E-state index is -0.795. The fourth-order valence-corrected chi connectivity index (χ4v) is 3.19. The van der Waals surface area contributed by atoms with Crippen molar-refractivity contribution in [1.82, 2.24) is 4.90 Å². The summed E-state index contributed by atoms with van der Waals surface area (Å²) >= 11 is 0. The molecule has 0 bridgehead atoms. The van der Waals surface area contributed by atoms with E-state index in [1.165, 1.54) is 0 Å². The molecule has 1 aliphatic rings. The number of ether oxygens (including phenoxy) is 1. The Bertz CT molecular complexity index is 577. The zero-order chi connectivity index (χ0) is 16.5. The Kier molecular flexibility index (Phi) is 6.29. The van der Waals surface area contributed by atoms with E-state index in [-0.39, 0.29) is 5.78 Å². The molecule has 1 aromatic carbocycles. The summed E-state index contributed by atoms with van der Waals surface area (Å²) in [6.07, 6.45) is 1.47. The van der Waals surface area contributed by atoms with E-state index in [1.807, 2.05) is 18.2 Å². The smallest absolute Gasteiger partial charge is 0.183 e. The van der Waals surface area contributed by atoms with Gasteiger partial charge in [-0.1, -0.05) is 30.3 Å². The highest BCUT2D eigenvalue weighted by Crippen LogP contribution is 2.32. The van der Waals surface area contributed by atoms with Crippen LogP contribution >= 0.6 is 0 Å². The second-order valence-corrected chi connectivity index (χ2v) is 5.64. The van der Waals surface area contributed by atoms with Crippen LogP contribution in [-0.2, 0) is 4.74 Å². The van der Waals surface area contributed by atoms with Gasteiger partial charge in [-0.25, -0.2) is 0 Å². The van der Waals surface area contributed by atoms with Crippen molar-refractivity contribution in [2.24, 2.45) is 0 Å². The van der Waals surface area contributed by atoms with Crippen molar-refractivity contribution in [2.45, 2.75) is 31.2 Å². The lowest BCUT2D eigenvalue weighted by Gasteiger charge is -2.44. The van der Waals surface area contributed by atoms with E-state index >= 15 is 0 Å². The molecule has 1 aliphatic heterocycles. The zero-order valence-corrected chi connectivity index (χ0v) is 13.2. The monoisotopic (exact) mass is 311 g/mol. The summed E-state index contributed by atoms with van der Waals surface area (Å²) in [4.78, 5) is 15.4. The van der Waals surface area contributed by atoms with Gasteiger partial charge in [-0.05, 0) is 12.8 Å². The van der Waals surface area contributed by atoms with Crippen LogP contribution in [0.3, 0.4) is 0 Å². The zero-order valence-electron chi connectivity index (χ0n) is 13.2. The maximum absolute atomic E-state index is 13.3. The normalized spacial score (nSPS) is 15.6. The summed E-state index contributed by atoms with van der Waals surface area (Å²) < 4.78 is 5.41. The van der Waals surface area contributed by atoms with Crippen LogP contribution in [0.25, 0.3) is 0 Å². The fourth-order valence-electron chi connectivity index (χ4n) is 3.19. The van der Waals surface area contributed by atoms with E-state index in [2.05, 4.69) is 17.0 Å². The van der Waals surface area contributed by atoms with E-state index in [4.69, 9.17) is 15.3 Å². The van der Waals surface area contributed by atoms with Crippen molar-refractivity contribution >= 4 is 5.78 Å². The van der Waals surface area contributed by atoms with Crippen LogP contribution in [0.2, 0.25) is 0 Å². The number of ketones is 1. The molecule has 23 heavy (non-hydrogen) atoms. The number of carbonyl (C=O) groups is 1. The molecule has 0 aliphatic carbocycles. The molecule has 0 N–H and O–H groups in total. The van der Waals surface area contributed by atoms with E-state index < -0.39 is 5.54 Å². The number of rotatable bonds is 7. The molecule has 5 heteroatoms. The van der Waals surface area contributed by atoms with E-state index in [0.717, 1.165) is 0 Å². The predicted molar refractivity (Wildman–Crippen MR) is 85.6 cm³/mol. The lowest BCUT2D eigenvalue weighted by atomic mass is 9.79. The maximum atomic E-state index is 13.3. The topological polar surface area (TPSA) is 77.1 Å². The summed E-state index contributed by atoms with van der Waals surface area (Å²) in [7, 11) is 0. The summed E-state index contributed by atoms with van der Waals surface area (Å²) in [5.41, 5.74) is -0.161. The lowest BCUT2D eigenvalue weighted by Crippen LogP contribution is -2.58. The van der Waals surface area contributed by atoms with Crippen molar-refractivity contribution < 1.29 is 9.53 Å². The van der Waals surface area contributed by atoms with Crippen molar-refractivity contribution in [1.29, 1.82) is 10.5 Å². The van der Waals surface area contributed by atoms with Gasteiger partial charge in [0.2, 0.25) is 0 Å². The van der Waals surface area contributed by atoms with Gasteiger partial charge in [-0.3, -0.25) is 9.69 Å². The summed E-state index contributed by atoms with van der Waals surface area (Å²) in [5.74, 6) is 0.00509. The molecule has 0 saturated carbocycles. The van der Waals surface area contributed by atoms with Gasteiger partial charge in [0.05, 0.1) is 30.9 Å². The largest absolute Gasteiger partial charge is 0.379 e. The first-order valence-corrected chi connectivity index (χ1v) is 7.91. The Balaban J connectivity index is 2.39. The second-order valence-electron chi connectivity index (χ2n) is 5.64. The van der Waals surface area contributed by atoms with Crippen LogP contribution in [-0.4, -0.2) is 42.5 Å². The molecule has 0 atom stereocenters. The Hall–Kier alpha value is -2.21. The number of hydrogen-bond donors (Lipinski definition) is 0. The molecular formula is C18H21N3O2. The van der Waals surface area contributed by atoms with Crippen molar-refractivity contribution in [3.63, 3.8) is 0 Å². The van der Waals surface area contributed by atoms with Crippen LogP contribution in [0.4, 0.5) is 0 Å². The number of nitriles is 2. The number of hydrogen-bond acceptors (Lipinski definition) is 5. The van der Waals surface area contributed by atoms with Gasteiger partial charge in [-0.2, -0.15) is 10.5 Å². The van der Waals surface area contributed by atoms with Crippen LogP contribution in [0, 0.1) is 22.7 Å². The Morgan fingerprint density at radius 3 is 2.17 bits per heavy atom. The minimum Gasteiger partial charge on any atom is -0.379 e. The Morgan fingerprint density at radius 1 is 1.09 bits per heavy atom. The van der Waals surface area contributed by atoms with E-state index in [1.54, 1.807) is 12.1 Å². The molecule has 0 radical (unpaired) electrons. The molecule has 0 unspecified atom stereocenters. The molecule has 1 aromatic rings. The van der Waals surface area contributed by atoms with Gasteiger partial charge in [-0.15, -0.1) is 0 Å². The van der Waals surface area contributed by atoms with Crippen LogP contribution in [0.5, 0.6) is 0 Å². The first-order valence-electron chi connectivity index (χ1n) is 7.91. The van der Waals surface area contributed by atoms with Crippen LogP contribution in [0.1, 0.15) is 36.0 Å². The number of benzene rings is 1. The maximum Gasteiger partial charge on any atom is 0.183 e. The van der Waals surface area contributed by atoms with Gasteiger partial charge in [0.15, 0.2) is 5.78 Å². The molecule has 2 rings (SSSR count). The molecule has 1 saturated heterocycles. The average Bonchev–Trinajstić information content (AvgIpc) is 2.63. The first kappa shape index (κ1) is 17.1. The lowest BCUT2D eigenvalue weighted by molar-refractivity contribution is -0.0196. The number of Topliss-reactive ketones (excluding diaryl/α,β-unsaturated/α-hetero) is 1. The molecule has 0 amide bonds. The SMILES string of the molecule is N#CCCC(CCC#N)(C(=O)c1ccccc1)N1CCOCC1. The number of carbonyl (C=O) groups excluding carboxylic acids is 1. The van der Waals surface area contributed by atoms with Crippen LogP contribution < -0.4 is 0 Å². The van der Waals surface area contributed by atoms with Crippen molar-refractivity contribution in [2.75, 3.05) is 26.3 Å². The molecule has 1 heterocycles. The molecular weight excluding hydrogens is 290 g/mol. The highest BCUT2D eigenvalue weighted by atomic mass is 16.5. The third kappa shape index (κ3) is 3.96. The Morgan fingerprint density at radius 2 is 1.65 bits per heavy atom. The van der Waals surface area contributed by atoms with Crippen LogP contribution in [0.15, 0.2) is 30.3 Å². The van der Waals surface area contributed by atoms with Gasteiger partial charge in [0.25, 0.3) is 0 Å². The van der Waals surface area contributed by atoms with Gasteiger partial charge < -0.3 is 4.74 Å². The highest BCUT2D eigenvalue weighted by molar-refractivity contribution is 6.03.